The number of hydrazine groups is 1. The Balaban J connectivity index is 0. The molecule has 0 aromatic rings. The molecule has 0 rings (SSSR count). The van der Waals surface area contributed by atoms with Crippen molar-refractivity contribution in [3.05, 3.63) is 11.9 Å². The predicted molar refractivity (Wildman–Crippen MR) is 118 cm³/mol. The molecular formula is C20H43N3O9. The molecule has 12 nitrogen and oxygen atoms in total. The number of rotatable bonds is 20. The highest BCUT2D eigenvalue weighted by atomic mass is 16.6. The normalized spacial score (nSPS) is 11.8. The molecule has 0 bridgehead atoms. The first kappa shape index (κ1) is 32.7. The van der Waals surface area contributed by atoms with Gasteiger partial charge in [0.25, 0.3) is 0 Å². The van der Waals surface area contributed by atoms with E-state index in [1.54, 1.807) is 0 Å². The standard InChI is InChI=1S/C18H37N3O9.C2H6/c19-14(6-21(20)5-3-1-2-4-18(26)27)11-28-17(12-29-15(7-22)8-23)13-30-16(9-24)10-25;1-2/h6,15-17,22-25H,1-5,7-13,19-20H2,(H,26,27);1-2H3/b14-6-;. The summed E-state index contributed by atoms with van der Waals surface area (Å²) < 4.78 is 16.3. The van der Waals surface area contributed by atoms with Gasteiger partial charge in [0.05, 0.1) is 51.9 Å². The number of aliphatic hydroxyl groups excluding tert-OH is 4. The molecule has 0 amide bonds. The van der Waals surface area contributed by atoms with Crippen LogP contribution in [0.3, 0.4) is 0 Å². The Morgan fingerprint density at radius 3 is 1.81 bits per heavy atom. The Morgan fingerprint density at radius 2 is 1.38 bits per heavy atom. The third-order valence-electron chi connectivity index (χ3n) is 3.97. The number of carboxylic acids is 1. The lowest BCUT2D eigenvalue weighted by atomic mass is 10.2. The van der Waals surface area contributed by atoms with E-state index in [4.69, 9.17) is 51.3 Å². The monoisotopic (exact) mass is 469 g/mol. The van der Waals surface area contributed by atoms with Crippen LogP contribution < -0.4 is 11.6 Å². The number of nitrogens with zero attached hydrogens (tertiary/aromatic N) is 1. The highest BCUT2D eigenvalue weighted by molar-refractivity contribution is 5.66. The van der Waals surface area contributed by atoms with Gasteiger partial charge in [-0.15, -0.1) is 0 Å². The average molecular weight is 470 g/mol. The van der Waals surface area contributed by atoms with E-state index in [0.717, 1.165) is 6.42 Å². The average Bonchev–Trinajstić information content (AvgIpc) is 2.78. The molecule has 12 heteroatoms. The summed E-state index contributed by atoms with van der Waals surface area (Å²) in [6.45, 7) is 3.01. The Morgan fingerprint density at radius 1 is 0.875 bits per heavy atom. The summed E-state index contributed by atoms with van der Waals surface area (Å²) in [5.74, 6) is 5.01. The van der Waals surface area contributed by atoms with Gasteiger partial charge in [0, 0.05) is 19.2 Å². The molecule has 0 aromatic heterocycles. The number of nitrogens with two attached hydrogens (primary N) is 2. The largest absolute Gasteiger partial charge is 0.481 e. The van der Waals surface area contributed by atoms with Crippen LogP contribution in [-0.4, -0.2) is 108 Å². The molecule has 0 saturated heterocycles. The fraction of sp³-hybridized carbons (Fsp3) is 0.850. The summed E-state index contributed by atoms with van der Waals surface area (Å²) >= 11 is 0. The third-order valence-corrected chi connectivity index (χ3v) is 3.97. The van der Waals surface area contributed by atoms with Crippen molar-refractivity contribution in [2.75, 3.05) is 52.8 Å². The van der Waals surface area contributed by atoms with Crippen LogP contribution in [0.25, 0.3) is 0 Å². The van der Waals surface area contributed by atoms with Crippen molar-refractivity contribution in [1.29, 1.82) is 0 Å². The van der Waals surface area contributed by atoms with Crippen molar-refractivity contribution in [3.63, 3.8) is 0 Å². The van der Waals surface area contributed by atoms with Crippen LogP contribution in [0.1, 0.15) is 39.5 Å². The number of carbonyl (C=O) groups is 1. The van der Waals surface area contributed by atoms with Crippen molar-refractivity contribution >= 4 is 5.97 Å². The molecular weight excluding hydrogens is 426 g/mol. The first-order valence-electron chi connectivity index (χ1n) is 10.8. The van der Waals surface area contributed by atoms with Crippen molar-refractivity contribution in [2.24, 2.45) is 11.6 Å². The summed E-state index contributed by atoms with van der Waals surface area (Å²) in [4.78, 5) is 10.5. The highest BCUT2D eigenvalue weighted by Gasteiger charge is 2.17. The van der Waals surface area contributed by atoms with Gasteiger partial charge in [-0.3, -0.25) is 4.79 Å². The lowest BCUT2D eigenvalue weighted by molar-refractivity contribution is -0.137. The van der Waals surface area contributed by atoms with Gasteiger partial charge in [-0.25, -0.2) is 5.84 Å². The van der Waals surface area contributed by atoms with Crippen LogP contribution in [0.2, 0.25) is 0 Å². The van der Waals surface area contributed by atoms with Crippen molar-refractivity contribution < 1.29 is 44.5 Å². The van der Waals surface area contributed by atoms with E-state index in [2.05, 4.69) is 0 Å². The summed E-state index contributed by atoms with van der Waals surface area (Å²) in [5.41, 5.74) is 6.23. The molecule has 0 saturated carbocycles. The fourth-order valence-electron chi connectivity index (χ4n) is 2.23. The molecule has 0 spiro atoms. The van der Waals surface area contributed by atoms with Crippen LogP contribution in [0.5, 0.6) is 0 Å². The number of hydrogen-bond acceptors (Lipinski definition) is 11. The minimum atomic E-state index is -0.822. The minimum Gasteiger partial charge on any atom is -0.481 e. The maximum Gasteiger partial charge on any atom is 0.303 e. The third kappa shape index (κ3) is 19.2. The number of ether oxygens (including phenoxy) is 3. The quantitative estimate of drug-likeness (QED) is 0.0636. The second-order valence-corrected chi connectivity index (χ2v) is 6.72. The zero-order valence-corrected chi connectivity index (χ0v) is 19.3. The maximum absolute atomic E-state index is 10.5. The van der Waals surface area contributed by atoms with Gasteiger partial charge < -0.3 is 50.5 Å². The van der Waals surface area contributed by atoms with E-state index in [-0.39, 0.29) is 52.7 Å². The van der Waals surface area contributed by atoms with Crippen molar-refractivity contribution in [2.45, 2.75) is 57.8 Å². The van der Waals surface area contributed by atoms with Gasteiger partial charge in [0.15, 0.2) is 0 Å². The van der Waals surface area contributed by atoms with Crippen LogP contribution in [0.15, 0.2) is 11.9 Å². The zero-order valence-electron chi connectivity index (χ0n) is 19.3. The first-order chi connectivity index (χ1) is 15.4. The molecule has 0 atom stereocenters. The van der Waals surface area contributed by atoms with Crippen LogP contribution in [0.4, 0.5) is 0 Å². The van der Waals surface area contributed by atoms with Gasteiger partial charge >= 0.3 is 5.97 Å². The van der Waals surface area contributed by atoms with Crippen molar-refractivity contribution in [3.8, 4) is 0 Å². The van der Waals surface area contributed by atoms with E-state index in [9.17, 15) is 4.79 Å². The van der Waals surface area contributed by atoms with Crippen LogP contribution >= 0.6 is 0 Å². The Labute approximate surface area is 190 Å². The van der Waals surface area contributed by atoms with E-state index >= 15 is 0 Å². The first-order valence-corrected chi connectivity index (χ1v) is 10.8. The van der Waals surface area contributed by atoms with Gasteiger partial charge in [0.1, 0.15) is 18.3 Å². The molecule has 0 fully saturated rings. The molecule has 0 aliphatic heterocycles. The van der Waals surface area contributed by atoms with Crippen LogP contribution in [-0.2, 0) is 19.0 Å². The molecule has 0 radical (unpaired) electrons. The maximum atomic E-state index is 10.5. The SMILES string of the molecule is CC.N/C(=C\N(N)CCCCCC(=O)O)COC(COC(CO)CO)COC(CO)CO. The Hall–Kier alpha value is -1.51. The highest BCUT2D eigenvalue weighted by Crippen LogP contribution is 2.04. The summed E-state index contributed by atoms with van der Waals surface area (Å²) in [6, 6.07) is 0. The molecule has 32 heavy (non-hydrogen) atoms. The molecule has 0 heterocycles. The molecule has 0 aromatic carbocycles. The summed E-state index contributed by atoms with van der Waals surface area (Å²) in [7, 11) is 0. The smallest absolute Gasteiger partial charge is 0.303 e. The summed E-state index contributed by atoms with van der Waals surface area (Å²) in [5, 5.41) is 46.3. The molecule has 0 unspecified atom stereocenters. The zero-order chi connectivity index (χ0) is 24.8. The second kappa shape index (κ2) is 22.7. The van der Waals surface area contributed by atoms with Gasteiger partial charge in [-0.2, -0.15) is 0 Å². The predicted octanol–water partition coefficient (Wildman–Crippen LogP) is -1.24. The lowest BCUT2D eigenvalue weighted by Crippen LogP contribution is -2.35. The van der Waals surface area contributed by atoms with Gasteiger partial charge in [-0.1, -0.05) is 20.3 Å². The fourth-order valence-corrected chi connectivity index (χ4v) is 2.23. The Kier molecular flexibility index (Phi) is 23.1. The van der Waals surface area contributed by atoms with E-state index in [1.165, 1.54) is 11.2 Å². The lowest BCUT2D eigenvalue weighted by Gasteiger charge is -2.23. The molecule has 0 aliphatic rings. The molecule has 192 valence electrons. The van der Waals surface area contributed by atoms with Crippen LogP contribution in [0, 0.1) is 0 Å². The van der Waals surface area contributed by atoms with E-state index in [0.29, 0.717) is 25.1 Å². The molecule has 0 aliphatic carbocycles. The molecule has 9 N–H and O–H groups in total. The number of carboxylic acid groups (broad SMARTS) is 1. The number of aliphatic carboxylic acids is 1. The Bertz CT molecular complexity index is 446. The van der Waals surface area contributed by atoms with Gasteiger partial charge in [0.2, 0.25) is 0 Å². The number of hydrogen-bond donors (Lipinski definition) is 7. The van der Waals surface area contributed by atoms with E-state index in [1.807, 2.05) is 13.8 Å². The topological polar surface area (TPSA) is 201 Å². The van der Waals surface area contributed by atoms with E-state index < -0.39 is 24.3 Å². The minimum absolute atomic E-state index is 0.00403. The second-order valence-electron chi connectivity index (χ2n) is 6.72. The van der Waals surface area contributed by atoms with Crippen molar-refractivity contribution in [1.82, 2.24) is 5.01 Å². The van der Waals surface area contributed by atoms with Gasteiger partial charge in [-0.05, 0) is 12.8 Å². The number of aliphatic hydroxyl groups is 4. The number of unbranched alkanes of at least 4 members (excludes halogenated alkanes) is 2. The summed E-state index contributed by atoms with van der Waals surface area (Å²) in [6.07, 6.45) is 1.49.